The molecule has 1 aromatic carbocycles. The number of nitrogens with one attached hydrogen (secondary N) is 1. The maximum atomic E-state index is 12.7. The van der Waals surface area contributed by atoms with Gasteiger partial charge in [0.25, 0.3) is 5.69 Å². The van der Waals surface area contributed by atoms with Crippen LogP contribution in [0, 0.1) is 15.9 Å². The lowest BCUT2D eigenvalue weighted by Gasteiger charge is -2.06. The number of sulfonamides is 1. The van der Waals surface area contributed by atoms with E-state index >= 15 is 0 Å². The molecular weight excluding hydrogens is 239 g/mol. The molecule has 1 N–H and O–H groups in total. The molecule has 0 heterocycles. The van der Waals surface area contributed by atoms with Gasteiger partial charge in [0.05, 0.1) is 16.7 Å². The van der Waals surface area contributed by atoms with Crippen LogP contribution in [0.25, 0.3) is 0 Å². The molecule has 0 aliphatic carbocycles. The van der Waals surface area contributed by atoms with Gasteiger partial charge >= 0.3 is 0 Å². The third kappa shape index (κ3) is 2.89. The summed E-state index contributed by atoms with van der Waals surface area (Å²) < 4.78 is 37.2. The molecule has 1 aromatic rings. The first-order valence-electron chi connectivity index (χ1n) is 4.30. The molecule has 0 aliphatic rings. The summed E-state index contributed by atoms with van der Waals surface area (Å²) in [6.07, 6.45) is 0. The molecule has 0 aliphatic heterocycles. The van der Waals surface area contributed by atoms with Crippen LogP contribution in [0.15, 0.2) is 18.2 Å². The van der Waals surface area contributed by atoms with Crippen LogP contribution in [0.1, 0.15) is 6.92 Å². The molecule has 6 nitrogen and oxygen atoms in total. The van der Waals surface area contributed by atoms with E-state index in [9.17, 15) is 22.9 Å². The van der Waals surface area contributed by atoms with Crippen molar-refractivity contribution in [3.05, 3.63) is 34.1 Å². The molecule has 0 saturated heterocycles. The van der Waals surface area contributed by atoms with Gasteiger partial charge in [0.2, 0.25) is 10.0 Å². The summed E-state index contributed by atoms with van der Waals surface area (Å²) in [5, 5.41) is 10.6. The Kier molecular flexibility index (Phi) is 3.43. The molecule has 0 atom stereocenters. The van der Waals surface area contributed by atoms with Crippen LogP contribution in [0.4, 0.5) is 15.8 Å². The van der Waals surface area contributed by atoms with E-state index in [1.807, 2.05) is 4.72 Å². The molecule has 16 heavy (non-hydrogen) atoms. The van der Waals surface area contributed by atoms with Gasteiger partial charge in [-0.05, 0) is 19.1 Å². The van der Waals surface area contributed by atoms with Gasteiger partial charge in [-0.15, -0.1) is 0 Å². The van der Waals surface area contributed by atoms with E-state index in [4.69, 9.17) is 0 Å². The van der Waals surface area contributed by atoms with Crippen molar-refractivity contribution >= 4 is 21.4 Å². The SMILES string of the molecule is CCS(=O)(=O)Nc1ccc(F)cc1[N+](=O)[O-]. The van der Waals surface area contributed by atoms with Gasteiger partial charge in [0.15, 0.2) is 0 Å². The van der Waals surface area contributed by atoms with Crippen LogP contribution < -0.4 is 4.72 Å². The molecule has 0 fully saturated rings. The monoisotopic (exact) mass is 248 g/mol. The smallest absolute Gasteiger partial charge is 0.277 e. The first-order chi connectivity index (χ1) is 7.35. The minimum atomic E-state index is -3.62. The number of hydrogen-bond acceptors (Lipinski definition) is 4. The van der Waals surface area contributed by atoms with Gasteiger partial charge < -0.3 is 0 Å². The van der Waals surface area contributed by atoms with Crippen LogP contribution >= 0.6 is 0 Å². The Hall–Kier alpha value is -1.70. The zero-order valence-electron chi connectivity index (χ0n) is 8.31. The quantitative estimate of drug-likeness (QED) is 0.645. The molecule has 0 bridgehead atoms. The van der Waals surface area contributed by atoms with Gasteiger partial charge in [0.1, 0.15) is 11.5 Å². The number of benzene rings is 1. The maximum absolute atomic E-state index is 12.7. The number of nitro benzene ring substituents is 1. The van der Waals surface area contributed by atoms with Crippen molar-refractivity contribution in [2.75, 3.05) is 10.5 Å². The van der Waals surface area contributed by atoms with E-state index < -0.39 is 26.5 Å². The minimum absolute atomic E-state index is 0.221. The Bertz CT molecular complexity index is 515. The van der Waals surface area contributed by atoms with Crippen LogP contribution in [-0.2, 0) is 10.0 Å². The van der Waals surface area contributed by atoms with Gasteiger partial charge in [-0.2, -0.15) is 0 Å². The van der Waals surface area contributed by atoms with Crippen LogP contribution in [0.5, 0.6) is 0 Å². The highest BCUT2D eigenvalue weighted by Crippen LogP contribution is 2.25. The van der Waals surface area contributed by atoms with Crippen molar-refractivity contribution in [1.82, 2.24) is 0 Å². The third-order valence-corrected chi connectivity index (χ3v) is 3.09. The lowest BCUT2D eigenvalue weighted by Crippen LogP contribution is -2.15. The van der Waals surface area contributed by atoms with Gasteiger partial charge in [-0.1, -0.05) is 0 Å². The van der Waals surface area contributed by atoms with Crippen molar-refractivity contribution in [2.24, 2.45) is 0 Å². The molecule has 1 rings (SSSR count). The Balaban J connectivity index is 3.19. The second-order valence-corrected chi connectivity index (χ2v) is 4.94. The summed E-state index contributed by atoms with van der Waals surface area (Å²) >= 11 is 0. The van der Waals surface area contributed by atoms with Crippen molar-refractivity contribution in [2.45, 2.75) is 6.92 Å². The summed E-state index contributed by atoms with van der Waals surface area (Å²) in [6, 6.07) is 2.62. The largest absolute Gasteiger partial charge is 0.296 e. The number of anilines is 1. The van der Waals surface area contributed by atoms with Gasteiger partial charge in [-0.3, -0.25) is 14.8 Å². The molecule has 0 radical (unpaired) electrons. The molecule has 0 aromatic heterocycles. The maximum Gasteiger partial charge on any atom is 0.296 e. The number of nitrogens with zero attached hydrogens (tertiary/aromatic N) is 1. The van der Waals surface area contributed by atoms with Crippen molar-refractivity contribution < 1.29 is 17.7 Å². The molecule has 88 valence electrons. The van der Waals surface area contributed by atoms with Gasteiger partial charge in [-0.25, -0.2) is 12.8 Å². The second-order valence-electron chi connectivity index (χ2n) is 2.92. The summed E-state index contributed by atoms with van der Waals surface area (Å²) in [4.78, 5) is 9.70. The highest BCUT2D eigenvalue weighted by molar-refractivity contribution is 7.92. The topological polar surface area (TPSA) is 89.3 Å². The van der Waals surface area contributed by atoms with E-state index in [2.05, 4.69) is 0 Å². The molecular formula is C8H9FN2O4S. The average Bonchev–Trinajstić information content (AvgIpc) is 2.20. The summed E-state index contributed by atoms with van der Waals surface area (Å²) in [5.41, 5.74) is -0.856. The lowest BCUT2D eigenvalue weighted by molar-refractivity contribution is -0.384. The average molecular weight is 248 g/mol. The van der Waals surface area contributed by atoms with Crippen molar-refractivity contribution in [1.29, 1.82) is 0 Å². The molecule has 0 amide bonds. The molecule has 8 heteroatoms. The highest BCUT2D eigenvalue weighted by Gasteiger charge is 2.18. The summed E-state index contributed by atoms with van der Waals surface area (Å²) in [7, 11) is -3.62. The van der Waals surface area contributed by atoms with Crippen molar-refractivity contribution in [3.63, 3.8) is 0 Å². The van der Waals surface area contributed by atoms with E-state index in [0.29, 0.717) is 6.07 Å². The lowest BCUT2D eigenvalue weighted by atomic mass is 10.3. The number of hydrogen-bond donors (Lipinski definition) is 1. The Morgan fingerprint density at radius 1 is 1.50 bits per heavy atom. The number of rotatable bonds is 4. The third-order valence-electron chi connectivity index (χ3n) is 1.80. The Labute approximate surface area is 91.3 Å². The number of nitro groups is 1. The van der Waals surface area contributed by atoms with Crippen LogP contribution in [0.2, 0.25) is 0 Å². The highest BCUT2D eigenvalue weighted by atomic mass is 32.2. The minimum Gasteiger partial charge on any atom is -0.277 e. The van der Waals surface area contributed by atoms with Crippen LogP contribution in [-0.4, -0.2) is 19.1 Å². The molecule has 0 unspecified atom stereocenters. The predicted octanol–water partition coefficient (Wildman–Crippen LogP) is 1.50. The second kappa shape index (κ2) is 4.44. The first-order valence-corrected chi connectivity index (χ1v) is 5.95. The fourth-order valence-electron chi connectivity index (χ4n) is 0.982. The molecule has 0 saturated carbocycles. The van der Waals surface area contributed by atoms with E-state index in [-0.39, 0.29) is 11.4 Å². The summed E-state index contributed by atoms with van der Waals surface area (Å²) in [5.74, 6) is -1.02. The fraction of sp³-hybridized carbons (Fsp3) is 0.250. The first kappa shape index (κ1) is 12.4. The Morgan fingerprint density at radius 2 is 2.12 bits per heavy atom. The zero-order chi connectivity index (χ0) is 12.3. The molecule has 0 spiro atoms. The Morgan fingerprint density at radius 3 is 2.62 bits per heavy atom. The van der Waals surface area contributed by atoms with E-state index in [0.717, 1.165) is 12.1 Å². The van der Waals surface area contributed by atoms with Crippen LogP contribution in [0.3, 0.4) is 0 Å². The summed E-state index contributed by atoms with van der Waals surface area (Å²) in [6.45, 7) is 1.39. The normalized spacial score (nSPS) is 11.1. The predicted molar refractivity (Wildman–Crippen MR) is 56.1 cm³/mol. The van der Waals surface area contributed by atoms with Crippen molar-refractivity contribution in [3.8, 4) is 0 Å². The van der Waals surface area contributed by atoms with E-state index in [1.54, 1.807) is 0 Å². The standard InChI is InChI=1S/C8H9FN2O4S/c1-2-16(14,15)10-7-4-3-6(9)5-8(7)11(12)13/h3-5,10H,2H2,1H3. The van der Waals surface area contributed by atoms with Gasteiger partial charge in [0, 0.05) is 0 Å². The van der Waals surface area contributed by atoms with E-state index in [1.165, 1.54) is 6.92 Å². The fourth-order valence-corrected chi connectivity index (χ4v) is 1.63. The zero-order valence-corrected chi connectivity index (χ0v) is 9.12. The number of halogens is 1.